The Morgan fingerprint density at radius 2 is 1.44 bits per heavy atom. The van der Waals surface area contributed by atoms with Crippen LogP contribution < -0.4 is 11.5 Å². The molecule has 0 aromatic carbocycles. The van der Waals surface area contributed by atoms with Crippen molar-refractivity contribution in [2.75, 3.05) is 45.9 Å². The third-order valence-electron chi connectivity index (χ3n) is 2.76. The van der Waals surface area contributed by atoms with Crippen molar-refractivity contribution in [3.63, 3.8) is 0 Å². The van der Waals surface area contributed by atoms with E-state index in [1.54, 1.807) is 0 Å². The highest BCUT2D eigenvalue weighted by Crippen LogP contribution is 2.05. The van der Waals surface area contributed by atoms with E-state index in [9.17, 15) is 0 Å². The normalized spacial score (nSPS) is 11.7. The molecule has 0 aromatic rings. The van der Waals surface area contributed by atoms with Crippen molar-refractivity contribution in [3.8, 4) is 0 Å². The Kier molecular flexibility index (Phi) is 13.5. The van der Waals surface area contributed by atoms with E-state index in [0.29, 0.717) is 13.1 Å². The summed E-state index contributed by atoms with van der Waals surface area (Å²) in [6.45, 7) is 9.96. The first-order valence-electron chi connectivity index (χ1n) is 7.14. The average molecular weight is 277 g/mol. The minimum absolute atomic E-state index is 0.704. The van der Waals surface area contributed by atoms with Gasteiger partial charge in [-0.25, -0.2) is 0 Å². The van der Waals surface area contributed by atoms with Crippen molar-refractivity contribution in [2.24, 2.45) is 11.5 Å². The fourth-order valence-corrected chi connectivity index (χ4v) is 3.73. The number of hydrogen-bond donors (Lipinski definition) is 2. The second kappa shape index (κ2) is 13.4. The van der Waals surface area contributed by atoms with Crippen LogP contribution in [0.4, 0.5) is 0 Å². The third kappa shape index (κ3) is 9.99. The van der Waals surface area contributed by atoms with Gasteiger partial charge < -0.3 is 25.2 Å². The van der Waals surface area contributed by atoms with E-state index in [1.807, 2.05) is 13.8 Å². The molecular formula is C12H31N3O2Si. The Hall–Kier alpha value is 0.0169. The smallest absolute Gasteiger partial charge is 0.321 e. The van der Waals surface area contributed by atoms with E-state index in [0.717, 1.165) is 38.9 Å². The molecule has 18 heavy (non-hydrogen) atoms. The first-order chi connectivity index (χ1) is 8.78. The van der Waals surface area contributed by atoms with Crippen molar-refractivity contribution in [2.45, 2.75) is 32.7 Å². The zero-order valence-electron chi connectivity index (χ0n) is 12.1. The number of nitrogens with zero attached hydrogens (tertiary/aromatic N) is 1. The zero-order valence-corrected chi connectivity index (χ0v) is 13.2. The zero-order chi connectivity index (χ0) is 13.6. The van der Waals surface area contributed by atoms with E-state index in [4.69, 9.17) is 20.3 Å². The van der Waals surface area contributed by atoms with Crippen LogP contribution in [0.5, 0.6) is 0 Å². The first kappa shape index (κ1) is 18.0. The largest absolute Gasteiger partial charge is 0.397 e. The lowest BCUT2D eigenvalue weighted by molar-refractivity contribution is 0.211. The van der Waals surface area contributed by atoms with Crippen LogP contribution in [0.3, 0.4) is 0 Å². The van der Waals surface area contributed by atoms with Gasteiger partial charge in [-0.3, -0.25) is 0 Å². The van der Waals surface area contributed by atoms with Gasteiger partial charge in [0.2, 0.25) is 0 Å². The SMILES string of the molecule is CCO[SiH](CCCCN(CCN)CCN)OCC. The molecule has 5 nitrogen and oxygen atoms in total. The van der Waals surface area contributed by atoms with Gasteiger partial charge in [0.25, 0.3) is 0 Å². The fourth-order valence-electron chi connectivity index (χ4n) is 1.93. The molecule has 0 heterocycles. The topological polar surface area (TPSA) is 73.7 Å². The van der Waals surface area contributed by atoms with Crippen LogP contribution in [0.1, 0.15) is 26.7 Å². The van der Waals surface area contributed by atoms with Crippen LogP contribution in [0.25, 0.3) is 0 Å². The van der Waals surface area contributed by atoms with Crippen LogP contribution in [0.2, 0.25) is 6.04 Å². The number of unbranched alkanes of at least 4 members (excludes halogenated alkanes) is 1. The standard InChI is InChI=1S/C12H31N3O2Si/c1-3-16-18(17-4-2)12-6-5-9-15(10-7-13)11-8-14/h18H,3-14H2,1-2H3. The van der Waals surface area contributed by atoms with Gasteiger partial charge in [-0.05, 0) is 32.9 Å². The predicted molar refractivity (Wildman–Crippen MR) is 79.0 cm³/mol. The molecule has 0 saturated carbocycles. The molecule has 4 N–H and O–H groups in total. The quantitative estimate of drug-likeness (QED) is 0.374. The van der Waals surface area contributed by atoms with Crippen LogP contribution in [-0.4, -0.2) is 60.1 Å². The fraction of sp³-hybridized carbons (Fsp3) is 1.00. The van der Waals surface area contributed by atoms with Gasteiger partial charge in [-0.2, -0.15) is 0 Å². The molecular weight excluding hydrogens is 246 g/mol. The molecule has 6 heteroatoms. The second-order valence-electron chi connectivity index (χ2n) is 4.26. The Bertz CT molecular complexity index is 145. The molecule has 110 valence electrons. The monoisotopic (exact) mass is 277 g/mol. The maximum Gasteiger partial charge on any atom is 0.321 e. The van der Waals surface area contributed by atoms with Crippen molar-refractivity contribution < 1.29 is 8.85 Å². The summed E-state index contributed by atoms with van der Waals surface area (Å²) in [6, 6.07) is 1.10. The summed E-state index contributed by atoms with van der Waals surface area (Å²) in [6.07, 6.45) is 2.34. The molecule has 0 radical (unpaired) electrons. The maximum absolute atomic E-state index is 5.65. The van der Waals surface area contributed by atoms with Crippen molar-refractivity contribution in [1.29, 1.82) is 0 Å². The van der Waals surface area contributed by atoms with Gasteiger partial charge in [-0.15, -0.1) is 0 Å². The van der Waals surface area contributed by atoms with Crippen molar-refractivity contribution in [1.82, 2.24) is 4.90 Å². The number of hydrogen-bond acceptors (Lipinski definition) is 5. The minimum Gasteiger partial charge on any atom is -0.397 e. The maximum atomic E-state index is 5.65. The molecule has 0 rings (SSSR count). The highest BCUT2D eigenvalue weighted by molar-refractivity contribution is 6.44. The van der Waals surface area contributed by atoms with E-state index < -0.39 is 9.28 Å². The van der Waals surface area contributed by atoms with Crippen molar-refractivity contribution >= 4 is 9.28 Å². The minimum atomic E-state index is -1.40. The molecule has 0 aliphatic heterocycles. The molecule has 0 saturated heterocycles. The van der Waals surface area contributed by atoms with Gasteiger partial charge in [-0.1, -0.05) is 6.42 Å². The summed E-state index contributed by atoms with van der Waals surface area (Å²) in [7, 11) is -1.40. The average Bonchev–Trinajstić information content (AvgIpc) is 2.35. The molecule has 0 aromatic heterocycles. The molecule has 0 fully saturated rings. The predicted octanol–water partition coefficient (Wildman–Crippen LogP) is 0.280. The number of nitrogens with two attached hydrogens (primary N) is 2. The Balaban J connectivity index is 3.66. The number of rotatable bonds is 13. The van der Waals surface area contributed by atoms with E-state index >= 15 is 0 Å². The molecule has 0 unspecified atom stereocenters. The molecule has 0 aliphatic carbocycles. The lowest BCUT2D eigenvalue weighted by atomic mass is 10.3. The van der Waals surface area contributed by atoms with Crippen LogP contribution in [0, 0.1) is 0 Å². The summed E-state index contributed by atoms with van der Waals surface area (Å²) in [5, 5.41) is 0. The van der Waals surface area contributed by atoms with Gasteiger partial charge in [0.1, 0.15) is 0 Å². The molecule has 0 aliphatic rings. The Morgan fingerprint density at radius 1 is 0.889 bits per heavy atom. The van der Waals surface area contributed by atoms with Gasteiger partial charge in [0.15, 0.2) is 0 Å². The lowest BCUT2D eigenvalue weighted by Gasteiger charge is -2.21. The van der Waals surface area contributed by atoms with Crippen LogP contribution in [0.15, 0.2) is 0 Å². The van der Waals surface area contributed by atoms with Gasteiger partial charge in [0.05, 0.1) is 0 Å². The summed E-state index contributed by atoms with van der Waals surface area (Å²) in [5.41, 5.74) is 11.2. The van der Waals surface area contributed by atoms with Crippen LogP contribution >= 0.6 is 0 Å². The molecule has 0 spiro atoms. The Morgan fingerprint density at radius 3 is 1.89 bits per heavy atom. The van der Waals surface area contributed by atoms with Gasteiger partial charge >= 0.3 is 9.28 Å². The molecule has 0 atom stereocenters. The Labute approximate surface area is 114 Å². The van der Waals surface area contributed by atoms with Crippen LogP contribution in [-0.2, 0) is 8.85 Å². The first-order valence-corrected chi connectivity index (χ1v) is 8.90. The highest BCUT2D eigenvalue weighted by Gasteiger charge is 2.11. The lowest BCUT2D eigenvalue weighted by Crippen LogP contribution is -2.34. The third-order valence-corrected chi connectivity index (χ3v) is 5.05. The van der Waals surface area contributed by atoms with E-state index in [2.05, 4.69) is 4.90 Å². The van der Waals surface area contributed by atoms with Gasteiger partial charge in [0, 0.05) is 39.4 Å². The second-order valence-corrected chi connectivity index (χ2v) is 6.36. The highest BCUT2D eigenvalue weighted by atomic mass is 28.3. The van der Waals surface area contributed by atoms with E-state index in [1.165, 1.54) is 12.8 Å². The molecule has 0 amide bonds. The van der Waals surface area contributed by atoms with Crippen molar-refractivity contribution in [3.05, 3.63) is 0 Å². The summed E-state index contributed by atoms with van der Waals surface area (Å²) >= 11 is 0. The summed E-state index contributed by atoms with van der Waals surface area (Å²) in [5.74, 6) is 0. The summed E-state index contributed by atoms with van der Waals surface area (Å²) < 4.78 is 11.3. The van der Waals surface area contributed by atoms with E-state index in [-0.39, 0.29) is 0 Å². The summed E-state index contributed by atoms with van der Waals surface area (Å²) in [4.78, 5) is 2.33. The molecule has 0 bridgehead atoms.